The van der Waals surface area contributed by atoms with Gasteiger partial charge in [0.05, 0.1) is 12.5 Å². The third-order valence-electron chi connectivity index (χ3n) is 3.00. The minimum Gasteiger partial charge on any atom is -0.394 e. The lowest BCUT2D eigenvalue weighted by atomic mass is 10.1. The molecule has 1 saturated heterocycles. The standard InChI is InChI=1S/C11H17N3O5S/c1-20-5-18-9-8(16)6(4-15)19-10(9)14-3-2-7(12)13-11(14)17/h2-3,6,8-10,15-16H,4-5H2,1H3,(H2,12,13,17)/t6-,8+,9?,10-/m1/s1. The van der Waals surface area contributed by atoms with Crippen LogP contribution in [0.5, 0.6) is 0 Å². The van der Waals surface area contributed by atoms with Crippen LogP contribution in [-0.4, -0.2) is 56.9 Å². The number of ether oxygens (including phenoxy) is 2. The topological polar surface area (TPSA) is 120 Å². The van der Waals surface area contributed by atoms with E-state index < -0.39 is 30.2 Å². The summed E-state index contributed by atoms with van der Waals surface area (Å²) < 4.78 is 12.2. The van der Waals surface area contributed by atoms with Gasteiger partial charge < -0.3 is 25.4 Å². The van der Waals surface area contributed by atoms with Crippen LogP contribution in [-0.2, 0) is 9.47 Å². The zero-order valence-corrected chi connectivity index (χ0v) is 11.7. The van der Waals surface area contributed by atoms with Crippen molar-refractivity contribution in [2.75, 3.05) is 24.5 Å². The molecule has 20 heavy (non-hydrogen) atoms. The number of hydrogen-bond acceptors (Lipinski definition) is 8. The quantitative estimate of drug-likeness (QED) is 0.579. The fraction of sp³-hybridized carbons (Fsp3) is 0.636. The molecule has 0 saturated carbocycles. The Bertz CT molecular complexity index is 511. The van der Waals surface area contributed by atoms with Crippen LogP contribution in [0.4, 0.5) is 5.82 Å². The predicted molar refractivity (Wildman–Crippen MR) is 73.2 cm³/mol. The molecule has 4 N–H and O–H groups in total. The Morgan fingerprint density at radius 2 is 2.40 bits per heavy atom. The van der Waals surface area contributed by atoms with E-state index >= 15 is 0 Å². The number of aliphatic hydroxyl groups excluding tert-OH is 2. The van der Waals surface area contributed by atoms with Gasteiger partial charge in [-0.15, -0.1) is 11.8 Å². The molecule has 2 heterocycles. The second-order valence-corrected chi connectivity index (χ2v) is 5.13. The van der Waals surface area contributed by atoms with Crippen molar-refractivity contribution in [1.82, 2.24) is 9.55 Å². The molecule has 1 aromatic heterocycles. The van der Waals surface area contributed by atoms with E-state index in [1.807, 2.05) is 6.26 Å². The molecule has 0 bridgehead atoms. The molecule has 4 atom stereocenters. The zero-order chi connectivity index (χ0) is 14.7. The fourth-order valence-electron chi connectivity index (χ4n) is 2.04. The molecule has 1 fully saturated rings. The predicted octanol–water partition coefficient (Wildman–Crippen LogP) is -1.22. The van der Waals surface area contributed by atoms with Crippen molar-refractivity contribution < 1.29 is 19.7 Å². The first-order chi connectivity index (χ1) is 9.58. The third kappa shape index (κ3) is 2.96. The molecule has 0 radical (unpaired) electrons. The first-order valence-electron chi connectivity index (χ1n) is 5.98. The minimum absolute atomic E-state index is 0.102. The molecule has 2 rings (SSSR count). The summed E-state index contributed by atoms with van der Waals surface area (Å²) in [7, 11) is 0. The average Bonchev–Trinajstić information content (AvgIpc) is 2.73. The van der Waals surface area contributed by atoms with E-state index in [0.29, 0.717) is 5.94 Å². The van der Waals surface area contributed by atoms with Crippen LogP contribution in [0.2, 0.25) is 0 Å². The Morgan fingerprint density at radius 3 is 3.00 bits per heavy atom. The van der Waals surface area contributed by atoms with E-state index in [2.05, 4.69) is 4.98 Å². The van der Waals surface area contributed by atoms with E-state index in [1.54, 1.807) is 0 Å². The van der Waals surface area contributed by atoms with Gasteiger partial charge in [-0.25, -0.2) is 4.79 Å². The van der Waals surface area contributed by atoms with Crippen molar-refractivity contribution in [3.05, 3.63) is 22.7 Å². The van der Waals surface area contributed by atoms with Crippen LogP contribution in [0.1, 0.15) is 6.23 Å². The molecule has 1 aromatic rings. The number of nitrogen functional groups attached to an aromatic ring is 1. The van der Waals surface area contributed by atoms with Gasteiger partial charge in [0.1, 0.15) is 24.1 Å². The normalized spacial score (nSPS) is 29.8. The Kier molecular flexibility index (Phi) is 5.00. The minimum atomic E-state index is -1.03. The molecule has 1 aliphatic heterocycles. The van der Waals surface area contributed by atoms with Crippen LogP contribution < -0.4 is 11.4 Å². The summed E-state index contributed by atoms with van der Waals surface area (Å²) in [5, 5.41) is 19.3. The maximum Gasteiger partial charge on any atom is 0.351 e. The molecule has 8 nitrogen and oxygen atoms in total. The van der Waals surface area contributed by atoms with E-state index in [4.69, 9.17) is 15.2 Å². The Hall–Kier alpha value is -1.13. The van der Waals surface area contributed by atoms with Crippen molar-refractivity contribution in [3.63, 3.8) is 0 Å². The number of aromatic nitrogens is 2. The van der Waals surface area contributed by atoms with E-state index in [0.717, 1.165) is 0 Å². The highest BCUT2D eigenvalue weighted by Crippen LogP contribution is 2.31. The second-order valence-electron chi connectivity index (χ2n) is 4.32. The van der Waals surface area contributed by atoms with Gasteiger partial charge in [0, 0.05) is 6.20 Å². The van der Waals surface area contributed by atoms with Gasteiger partial charge in [0.2, 0.25) is 0 Å². The molecular weight excluding hydrogens is 286 g/mol. The summed E-state index contributed by atoms with van der Waals surface area (Å²) in [6.45, 7) is -0.367. The number of rotatable bonds is 5. The number of thioether (sulfide) groups is 1. The van der Waals surface area contributed by atoms with Crippen molar-refractivity contribution >= 4 is 17.6 Å². The Morgan fingerprint density at radius 1 is 1.65 bits per heavy atom. The monoisotopic (exact) mass is 303 g/mol. The zero-order valence-electron chi connectivity index (χ0n) is 10.9. The van der Waals surface area contributed by atoms with Crippen LogP contribution in [0.25, 0.3) is 0 Å². The molecule has 112 valence electrons. The van der Waals surface area contributed by atoms with Gasteiger partial charge in [-0.2, -0.15) is 4.98 Å². The Labute approximate surface area is 119 Å². The molecule has 0 aliphatic carbocycles. The molecule has 0 amide bonds. The maximum atomic E-state index is 11.8. The summed E-state index contributed by atoms with van der Waals surface area (Å²) in [6, 6.07) is 1.45. The Balaban J connectivity index is 2.29. The first-order valence-corrected chi connectivity index (χ1v) is 7.37. The van der Waals surface area contributed by atoms with Gasteiger partial charge in [0.25, 0.3) is 0 Å². The van der Waals surface area contributed by atoms with Crippen molar-refractivity contribution in [2.45, 2.75) is 24.5 Å². The molecule has 0 spiro atoms. The van der Waals surface area contributed by atoms with Gasteiger partial charge in [-0.05, 0) is 12.3 Å². The van der Waals surface area contributed by atoms with Gasteiger partial charge >= 0.3 is 5.69 Å². The highest BCUT2D eigenvalue weighted by Gasteiger charge is 2.45. The SMILES string of the molecule is CSCOC1[C@@H](O)[C@@H](CO)O[C@H]1n1ccc(N)nc1=O. The summed E-state index contributed by atoms with van der Waals surface area (Å²) in [5.41, 5.74) is 4.83. The average molecular weight is 303 g/mol. The summed E-state index contributed by atoms with van der Waals surface area (Å²) in [5.74, 6) is 0.432. The number of nitrogens with two attached hydrogens (primary N) is 1. The van der Waals surface area contributed by atoms with Crippen LogP contribution in [0.15, 0.2) is 17.1 Å². The largest absolute Gasteiger partial charge is 0.394 e. The fourth-order valence-corrected chi connectivity index (χ4v) is 2.33. The van der Waals surface area contributed by atoms with Crippen molar-refractivity contribution in [3.8, 4) is 0 Å². The third-order valence-corrected chi connectivity index (χ3v) is 3.37. The highest BCUT2D eigenvalue weighted by atomic mass is 32.2. The van der Waals surface area contributed by atoms with Crippen molar-refractivity contribution in [2.24, 2.45) is 0 Å². The maximum absolute atomic E-state index is 11.8. The van der Waals surface area contributed by atoms with Crippen LogP contribution in [0.3, 0.4) is 0 Å². The second kappa shape index (κ2) is 6.55. The van der Waals surface area contributed by atoms with E-state index in [-0.39, 0.29) is 12.4 Å². The van der Waals surface area contributed by atoms with Crippen molar-refractivity contribution in [1.29, 1.82) is 0 Å². The number of hydrogen-bond donors (Lipinski definition) is 3. The smallest absolute Gasteiger partial charge is 0.351 e. The lowest BCUT2D eigenvalue weighted by Gasteiger charge is -2.21. The first kappa shape index (κ1) is 15.3. The van der Waals surface area contributed by atoms with Gasteiger partial charge in [0.15, 0.2) is 6.23 Å². The molecule has 9 heteroatoms. The van der Waals surface area contributed by atoms with Gasteiger partial charge in [-0.3, -0.25) is 4.57 Å². The molecular formula is C11H17N3O5S. The van der Waals surface area contributed by atoms with Crippen LogP contribution >= 0.6 is 11.8 Å². The van der Waals surface area contributed by atoms with Crippen LogP contribution in [0, 0.1) is 0 Å². The molecule has 0 aromatic carbocycles. The number of nitrogens with zero attached hydrogens (tertiary/aromatic N) is 2. The summed E-state index contributed by atoms with van der Waals surface area (Å²) in [6.07, 6.45) is -0.176. The van der Waals surface area contributed by atoms with E-state index in [1.165, 1.54) is 28.6 Å². The van der Waals surface area contributed by atoms with Gasteiger partial charge in [-0.1, -0.05) is 0 Å². The number of aliphatic hydroxyl groups is 2. The summed E-state index contributed by atoms with van der Waals surface area (Å²) >= 11 is 1.43. The lowest BCUT2D eigenvalue weighted by molar-refractivity contribution is -0.0648. The highest BCUT2D eigenvalue weighted by molar-refractivity contribution is 7.98. The van der Waals surface area contributed by atoms with E-state index in [9.17, 15) is 15.0 Å². The molecule has 1 unspecified atom stereocenters. The number of anilines is 1. The lowest BCUT2D eigenvalue weighted by Crippen LogP contribution is -2.38. The summed E-state index contributed by atoms with van der Waals surface area (Å²) in [4.78, 5) is 15.4. The molecule has 1 aliphatic rings.